The summed E-state index contributed by atoms with van der Waals surface area (Å²) in [6.07, 6.45) is 3.69. The van der Waals surface area contributed by atoms with Crippen LogP contribution < -0.4 is 0 Å². The number of aliphatic hydroxyl groups excluding tert-OH is 1. The van der Waals surface area contributed by atoms with Gasteiger partial charge in [0.2, 0.25) is 0 Å². The van der Waals surface area contributed by atoms with Crippen molar-refractivity contribution in [1.82, 2.24) is 0 Å². The van der Waals surface area contributed by atoms with Crippen LogP contribution in [0.15, 0.2) is 11.1 Å². The van der Waals surface area contributed by atoms with Gasteiger partial charge in [0.15, 0.2) is 0 Å². The van der Waals surface area contributed by atoms with Crippen LogP contribution in [-0.2, 0) is 19.1 Å². The first-order chi connectivity index (χ1) is 12.3. The molecule has 0 bridgehead atoms. The number of aliphatic carboxylic acids is 1. The molecule has 0 amide bonds. The number of allylic oxidation sites excluding steroid dienone is 2. The molecule has 0 aromatic carbocycles. The van der Waals surface area contributed by atoms with E-state index in [4.69, 9.17) is 14.9 Å². The summed E-state index contributed by atoms with van der Waals surface area (Å²) in [7, 11) is 0. The van der Waals surface area contributed by atoms with Crippen LogP contribution in [0.1, 0.15) is 80.1 Å². The van der Waals surface area contributed by atoms with E-state index in [9.17, 15) is 9.59 Å². The van der Waals surface area contributed by atoms with E-state index in [-0.39, 0.29) is 32.0 Å². The van der Waals surface area contributed by atoms with Crippen molar-refractivity contribution >= 4 is 11.9 Å². The summed E-state index contributed by atoms with van der Waals surface area (Å²) >= 11 is 0. The molecular formula is C20H40O6. The Labute approximate surface area is 159 Å². The van der Waals surface area contributed by atoms with Crippen molar-refractivity contribution in [3.63, 3.8) is 0 Å². The van der Waals surface area contributed by atoms with E-state index in [0.717, 1.165) is 13.2 Å². The minimum Gasteiger partial charge on any atom is -0.481 e. The Morgan fingerprint density at radius 3 is 1.62 bits per heavy atom. The number of hydrogen-bond acceptors (Lipinski definition) is 5. The predicted molar refractivity (Wildman–Crippen MR) is 105 cm³/mol. The Hall–Kier alpha value is -1.40. The van der Waals surface area contributed by atoms with Crippen molar-refractivity contribution in [2.75, 3.05) is 26.4 Å². The van der Waals surface area contributed by atoms with E-state index in [1.54, 1.807) is 11.1 Å². The number of hydrogen-bond donors (Lipinski definition) is 2. The molecule has 6 heteroatoms. The molecule has 0 heterocycles. The lowest BCUT2D eigenvalue weighted by atomic mass is 10.1. The largest absolute Gasteiger partial charge is 0.481 e. The quantitative estimate of drug-likeness (QED) is 0.316. The average molecular weight is 377 g/mol. The van der Waals surface area contributed by atoms with Crippen LogP contribution in [0.4, 0.5) is 0 Å². The van der Waals surface area contributed by atoms with Gasteiger partial charge in [-0.15, -0.1) is 0 Å². The van der Waals surface area contributed by atoms with Gasteiger partial charge < -0.3 is 19.7 Å². The number of carbonyl (C=O) groups excluding carboxylic acids is 1. The summed E-state index contributed by atoms with van der Waals surface area (Å²) in [6, 6.07) is 0. The van der Waals surface area contributed by atoms with Gasteiger partial charge in [0, 0.05) is 26.1 Å². The zero-order chi connectivity index (χ0) is 20.8. The number of ether oxygens (including phenoxy) is 2. The molecule has 0 aromatic heterocycles. The highest BCUT2D eigenvalue weighted by molar-refractivity contribution is 5.69. The van der Waals surface area contributed by atoms with E-state index in [1.165, 1.54) is 12.8 Å². The molecule has 0 aromatic rings. The first kappa shape index (κ1) is 29.4. The lowest BCUT2D eigenvalue weighted by Gasteiger charge is -2.01. The second kappa shape index (κ2) is 23.6. The lowest BCUT2D eigenvalue weighted by molar-refractivity contribution is -0.145. The van der Waals surface area contributed by atoms with Gasteiger partial charge in [0.1, 0.15) is 6.61 Å². The van der Waals surface area contributed by atoms with Crippen LogP contribution in [0.5, 0.6) is 0 Å². The SMILES string of the molecule is CC/C(C)=C(\C)CC.CCOCC.O=C(O)CCCCC(=O)OCCO. The maximum absolute atomic E-state index is 10.8. The Morgan fingerprint density at radius 1 is 0.846 bits per heavy atom. The Kier molecular flexibility index (Phi) is 26.7. The number of carbonyl (C=O) groups is 2. The third-order valence-electron chi connectivity index (χ3n) is 3.57. The highest BCUT2D eigenvalue weighted by atomic mass is 16.5. The molecule has 0 radical (unpaired) electrons. The summed E-state index contributed by atoms with van der Waals surface area (Å²) < 4.78 is 9.40. The number of rotatable bonds is 11. The van der Waals surface area contributed by atoms with Gasteiger partial charge in [-0.2, -0.15) is 0 Å². The lowest BCUT2D eigenvalue weighted by Crippen LogP contribution is -2.08. The second-order valence-corrected chi connectivity index (χ2v) is 5.59. The average Bonchev–Trinajstić information content (AvgIpc) is 2.63. The van der Waals surface area contributed by atoms with Crippen LogP contribution in [0.25, 0.3) is 0 Å². The van der Waals surface area contributed by atoms with Crippen LogP contribution >= 0.6 is 0 Å². The molecule has 0 aliphatic heterocycles. The normalized spacial score (nSPS) is 10.6. The summed E-state index contributed by atoms with van der Waals surface area (Å²) in [5.74, 6) is -1.25. The van der Waals surface area contributed by atoms with Gasteiger partial charge in [0.05, 0.1) is 6.61 Å². The summed E-state index contributed by atoms with van der Waals surface area (Å²) in [4.78, 5) is 20.8. The van der Waals surface area contributed by atoms with Crippen LogP contribution in [-0.4, -0.2) is 48.6 Å². The van der Waals surface area contributed by atoms with Crippen LogP contribution in [0.2, 0.25) is 0 Å². The molecule has 0 rings (SSSR count). The number of carboxylic acids is 1. The summed E-state index contributed by atoms with van der Waals surface area (Å²) in [5.41, 5.74) is 3.10. The second-order valence-electron chi connectivity index (χ2n) is 5.59. The topological polar surface area (TPSA) is 93.1 Å². The summed E-state index contributed by atoms with van der Waals surface area (Å²) in [5, 5.41) is 16.6. The molecule has 0 fully saturated rings. The fourth-order valence-electron chi connectivity index (χ4n) is 1.58. The highest BCUT2D eigenvalue weighted by Gasteiger charge is 2.03. The monoisotopic (exact) mass is 376 g/mol. The Bertz CT molecular complexity index is 349. The first-order valence-electron chi connectivity index (χ1n) is 9.51. The molecule has 2 N–H and O–H groups in total. The fourth-order valence-corrected chi connectivity index (χ4v) is 1.58. The third kappa shape index (κ3) is 27.4. The number of aliphatic hydroxyl groups is 1. The van der Waals surface area contributed by atoms with Gasteiger partial charge in [-0.05, 0) is 53.4 Å². The molecule has 0 aliphatic rings. The van der Waals surface area contributed by atoms with Crippen molar-refractivity contribution in [2.24, 2.45) is 0 Å². The Morgan fingerprint density at radius 2 is 1.31 bits per heavy atom. The van der Waals surface area contributed by atoms with E-state index in [2.05, 4.69) is 32.4 Å². The minimum atomic E-state index is -0.858. The van der Waals surface area contributed by atoms with Crippen LogP contribution in [0, 0.1) is 0 Å². The molecule has 26 heavy (non-hydrogen) atoms. The molecule has 0 spiro atoms. The minimum absolute atomic E-state index is 0.0117. The molecule has 0 atom stereocenters. The molecule has 0 saturated heterocycles. The third-order valence-corrected chi connectivity index (χ3v) is 3.57. The highest BCUT2D eigenvalue weighted by Crippen LogP contribution is 2.09. The van der Waals surface area contributed by atoms with E-state index < -0.39 is 5.97 Å². The first-order valence-corrected chi connectivity index (χ1v) is 9.51. The Balaban J connectivity index is -0.000000346. The van der Waals surface area contributed by atoms with Gasteiger partial charge >= 0.3 is 11.9 Å². The molecule has 156 valence electrons. The van der Waals surface area contributed by atoms with Gasteiger partial charge in [-0.1, -0.05) is 25.0 Å². The zero-order valence-electron chi connectivity index (χ0n) is 17.6. The smallest absolute Gasteiger partial charge is 0.305 e. The van der Waals surface area contributed by atoms with E-state index in [1.807, 2.05) is 13.8 Å². The number of carboxylic acid groups (broad SMARTS) is 1. The van der Waals surface area contributed by atoms with Gasteiger partial charge in [-0.25, -0.2) is 0 Å². The van der Waals surface area contributed by atoms with Crippen molar-refractivity contribution in [2.45, 2.75) is 80.1 Å². The van der Waals surface area contributed by atoms with E-state index >= 15 is 0 Å². The molecule has 0 unspecified atom stereocenters. The van der Waals surface area contributed by atoms with Crippen molar-refractivity contribution < 1.29 is 29.3 Å². The standard InChI is InChI=1S/C8H14O5.C8H16.C4H10O/c9-5-6-13-8(12)4-2-1-3-7(10)11;1-5-7(3)8(4)6-2;1-3-5-4-2/h9H,1-6H2,(H,10,11);5-6H2,1-4H3;3-4H2,1-2H3/b;8-7+;. The zero-order valence-corrected chi connectivity index (χ0v) is 17.6. The van der Waals surface area contributed by atoms with Crippen molar-refractivity contribution in [3.05, 3.63) is 11.1 Å². The van der Waals surface area contributed by atoms with Gasteiger partial charge in [0.25, 0.3) is 0 Å². The molecule has 0 aliphatic carbocycles. The van der Waals surface area contributed by atoms with Crippen molar-refractivity contribution in [3.8, 4) is 0 Å². The van der Waals surface area contributed by atoms with Gasteiger partial charge in [-0.3, -0.25) is 9.59 Å². The molecule has 6 nitrogen and oxygen atoms in total. The van der Waals surface area contributed by atoms with E-state index in [0.29, 0.717) is 12.8 Å². The maximum Gasteiger partial charge on any atom is 0.305 e. The molecule has 0 saturated carbocycles. The summed E-state index contributed by atoms with van der Waals surface area (Å²) in [6.45, 7) is 14.3. The molecular weight excluding hydrogens is 336 g/mol. The maximum atomic E-state index is 10.8. The van der Waals surface area contributed by atoms with Crippen molar-refractivity contribution in [1.29, 1.82) is 0 Å². The fraction of sp³-hybridized carbons (Fsp3) is 0.800. The predicted octanol–water partition coefficient (Wildman–Crippen LogP) is 4.35. The van der Waals surface area contributed by atoms with Crippen LogP contribution in [0.3, 0.4) is 0 Å². The number of esters is 1. The number of unbranched alkanes of at least 4 members (excludes halogenated alkanes) is 1.